The first kappa shape index (κ1) is 21.0. The van der Waals surface area contributed by atoms with Crippen LogP contribution in [0.3, 0.4) is 0 Å². The molecule has 2 rings (SSSR count). The van der Waals surface area contributed by atoms with Gasteiger partial charge in [0.15, 0.2) is 0 Å². The molecule has 0 aliphatic rings. The van der Waals surface area contributed by atoms with Crippen LogP contribution in [0.15, 0.2) is 54.6 Å². The van der Waals surface area contributed by atoms with Crippen molar-refractivity contribution in [1.82, 2.24) is 4.90 Å². The Morgan fingerprint density at radius 2 is 1.76 bits per heavy atom. The van der Waals surface area contributed by atoms with Crippen molar-refractivity contribution in [3.8, 4) is 5.75 Å². The molecular weight excluding hydrogens is 336 g/mol. The first-order chi connectivity index (χ1) is 11.7. The van der Waals surface area contributed by atoms with Gasteiger partial charge in [0.05, 0.1) is 7.11 Å². The van der Waals surface area contributed by atoms with Crippen LogP contribution in [0.5, 0.6) is 5.75 Å². The van der Waals surface area contributed by atoms with Gasteiger partial charge in [-0.25, -0.2) is 0 Å². The molecule has 0 saturated carbocycles. The van der Waals surface area contributed by atoms with Gasteiger partial charge in [-0.15, -0.1) is 12.4 Å². The summed E-state index contributed by atoms with van der Waals surface area (Å²) in [5.74, 6) is 0.944. The van der Waals surface area contributed by atoms with E-state index in [-0.39, 0.29) is 24.4 Å². The number of carbonyl (C=O) groups is 1. The van der Waals surface area contributed by atoms with Crippen molar-refractivity contribution in [3.05, 3.63) is 65.7 Å². The molecule has 0 aliphatic carbocycles. The second-order valence-corrected chi connectivity index (χ2v) is 5.91. The monoisotopic (exact) mass is 362 g/mol. The summed E-state index contributed by atoms with van der Waals surface area (Å²) in [7, 11) is 1.67. The average Bonchev–Trinajstić information content (AvgIpc) is 2.61. The van der Waals surface area contributed by atoms with E-state index < -0.39 is 0 Å². The fourth-order valence-corrected chi connectivity index (χ4v) is 2.84. The molecule has 0 heterocycles. The Morgan fingerprint density at radius 1 is 1.12 bits per heavy atom. The van der Waals surface area contributed by atoms with Crippen molar-refractivity contribution in [1.29, 1.82) is 0 Å². The van der Waals surface area contributed by atoms with Gasteiger partial charge in [0, 0.05) is 25.6 Å². The quantitative estimate of drug-likeness (QED) is 0.782. The Balaban J connectivity index is 0.00000312. The lowest BCUT2D eigenvalue weighted by molar-refractivity contribution is -0.133. The lowest BCUT2D eigenvalue weighted by atomic mass is 10.0. The minimum absolute atomic E-state index is 0. The predicted molar refractivity (Wildman–Crippen MR) is 104 cm³/mol. The zero-order valence-electron chi connectivity index (χ0n) is 14.9. The number of rotatable bonds is 8. The smallest absolute Gasteiger partial charge is 0.224 e. The van der Waals surface area contributed by atoms with Gasteiger partial charge < -0.3 is 15.4 Å². The molecule has 2 aromatic rings. The number of methoxy groups -OCH3 is 1. The number of para-hydroxylation sites is 1. The zero-order chi connectivity index (χ0) is 17.4. The Morgan fingerprint density at radius 3 is 2.40 bits per heavy atom. The van der Waals surface area contributed by atoms with Gasteiger partial charge in [-0.2, -0.15) is 0 Å². The van der Waals surface area contributed by atoms with Crippen molar-refractivity contribution in [3.63, 3.8) is 0 Å². The summed E-state index contributed by atoms with van der Waals surface area (Å²) in [4.78, 5) is 14.5. The molecule has 136 valence electrons. The van der Waals surface area contributed by atoms with Crippen LogP contribution < -0.4 is 10.5 Å². The van der Waals surface area contributed by atoms with Gasteiger partial charge in [0.25, 0.3) is 0 Å². The summed E-state index contributed by atoms with van der Waals surface area (Å²) in [6.45, 7) is 3.03. The Kier molecular flexibility index (Phi) is 9.03. The van der Waals surface area contributed by atoms with E-state index in [9.17, 15) is 4.79 Å². The number of benzene rings is 2. The Labute approximate surface area is 156 Å². The highest BCUT2D eigenvalue weighted by Crippen LogP contribution is 2.21. The van der Waals surface area contributed by atoms with Crippen LogP contribution in [0, 0.1) is 0 Å². The molecule has 0 radical (unpaired) electrons. The van der Waals surface area contributed by atoms with Gasteiger partial charge in [-0.3, -0.25) is 4.79 Å². The molecule has 1 atom stereocenters. The van der Waals surface area contributed by atoms with E-state index in [1.807, 2.05) is 59.5 Å². The lowest BCUT2D eigenvalue weighted by Crippen LogP contribution is -2.40. The first-order valence-corrected chi connectivity index (χ1v) is 8.31. The Bertz CT molecular complexity index is 649. The number of hydrogen-bond donors (Lipinski definition) is 1. The molecule has 2 aromatic carbocycles. The molecule has 0 aromatic heterocycles. The van der Waals surface area contributed by atoms with Gasteiger partial charge >= 0.3 is 0 Å². The van der Waals surface area contributed by atoms with E-state index in [0.29, 0.717) is 19.5 Å². The summed E-state index contributed by atoms with van der Waals surface area (Å²) < 4.78 is 5.43. The van der Waals surface area contributed by atoms with E-state index >= 15 is 0 Å². The summed E-state index contributed by atoms with van der Waals surface area (Å²) in [5.41, 5.74) is 7.81. The van der Waals surface area contributed by atoms with E-state index in [0.717, 1.165) is 23.3 Å². The average molecular weight is 363 g/mol. The number of amides is 1. The maximum atomic E-state index is 12.5. The predicted octanol–water partition coefficient (Wildman–Crippen LogP) is 3.43. The van der Waals surface area contributed by atoms with Crippen molar-refractivity contribution in [2.45, 2.75) is 32.4 Å². The maximum absolute atomic E-state index is 12.5. The van der Waals surface area contributed by atoms with E-state index in [4.69, 9.17) is 10.5 Å². The molecule has 1 unspecified atom stereocenters. The molecule has 1 amide bonds. The second-order valence-electron chi connectivity index (χ2n) is 5.91. The van der Waals surface area contributed by atoms with Gasteiger partial charge in [0.2, 0.25) is 5.91 Å². The van der Waals surface area contributed by atoms with Crippen LogP contribution in [0.2, 0.25) is 0 Å². The molecule has 0 bridgehead atoms. The number of carbonyl (C=O) groups excluding carboxylic acids is 1. The van der Waals surface area contributed by atoms with Crippen molar-refractivity contribution < 1.29 is 9.53 Å². The number of ether oxygens (including phenoxy) is 1. The largest absolute Gasteiger partial charge is 0.496 e. The number of halogens is 1. The summed E-state index contributed by atoms with van der Waals surface area (Å²) in [6.07, 6.45) is 1.11. The maximum Gasteiger partial charge on any atom is 0.224 e. The lowest BCUT2D eigenvalue weighted by Gasteiger charge is -2.30. The molecule has 4 nitrogen and oxygen atoms in total. The van der Waals surface area contributed by atoms with Crippen molar-refractivity contribution in [2.75, 3.05) is 13.7 Å². The highest BCUT2D eigenvalue weighted by Gasteiger charge is 2.21. The van der Waals surface area contributed by atoms with Crippen LogP contribution in [0.4, 0.5) is 0 Å². The van der Waals surface area contributed by atoms with E-state index in [1.54, 1.807) is 7.11 Å². The molecule has 0 aliphatic heterocycles. The SMILES string of the molecule is COc1ccccc1CC(C)N(Cc1ccccc1)C(=O)CCN.Cl. The molecule has 25 heavy (non-hydrogen) atoms. The van der Waals surface area contributed by atoms with Crippen LogP contribution >= 0.6 is 12.4 Å². The fourth-order valence-electron chi connectivity index (χ4n) is 2.84. The topological polar surface area (TPSA) is 55.6 Å². The van der Waals surface area contributed by atoms with Crippen LogP contribution in [0.1, 0.15) is 24.5 Å². The minimum atomic E-state index is 0. The van der Waals surface area contributed by atoms with Crippen molar-refractivity contribution >= 4 is 18.3 Å². The standard InChI is InChI=1S/C20H26N2O2.ClH/c1-16(14-18-10-6-7-11-19(18)24-2)22(20(23)12-13-21)15-17-8-4-3-5-9-17;/h3-11,16H,12-15,21H2,1-2H3;1H. The third-order valence-electron chi connectivity index (χ3n) is 4.11. The molecule has 2 N–H and O–H groups in total. The van der Waals surface area contributed by atoms with Crippen molar-refractivity contribution in [2.24, 2.45) is 5.73 Å². The van der Waals surface area contributed by atoms with E-state index in [1.165, 1.54) is 0 Å². The molecular formula is C20H27ClN2O2. The Hall–Kier alpha value is -2.04. The first-order valence-electron chi connectivity index (χ1n) is 8.31. The zero-order valence-corrected chi connectivity index (χ0v) is 15.7. The summed E-state index contributed by atoms with van der Waals surface area (Å²) in [5, 5.41) is 0. The summed E-state index contributed by atoms with van der Waals surface area (Å²) >= 11 is 0. The molecule has 0 spiro atoms. The molecule has 5 heteroatoms. The fraction of sp³-hybridized carbons (Fsp3) is 0.350. The number of nitrogens with zero attached hydrogens (tertiary/aromatic N) is 1. The van der Waals surface area contributed by atoms with Crippen LogP contribution in [-0.4, -0.2) is 30.5 Å². The normalized spacial score (nSPS) is 11.3. The highest BCUT2D eigenvalue weighted by atomic mass is 35.5. The van der Waals surface area contributed by atoms with Gasteiger partial charge in [-0.05, 0) is 30.5 Å². The number of nitrogens with two attached hydrogens (primary N) is 1. The number of hydrogen-bond acceptors (Lipinski definition) is 3. The van der Waals surface area contributed by atoms with Gasteiger partial charge in [-0.1, -0.05) is 48.5 Å². The van der Waals surface area contributed by atoms with Crippen LogP contribution in [0.25, 0.3) is 0 Å². The second kappa shape index (κ2) is 10.7. The summed E-state index contributed by atoms with van der Waals surface area (Å²) in [6, 6.07) is 18.0. The van der Waals surface area contributed by atoms with E-state index in [2.05, 4.69) is 6.92 Å². The highest BCUT2D eigenvalue weighted by molar-refractivity contribution is 5.85. The van der Waals surface area contributed by atoms with Gasteiger partial charge in [0.1, 0.15) is 5.75 Å². The molecule has 0 saturated heterocycles. The third kappa shape index (κ3) is 6.07. The van der Waals surface area contributed by atoms with Crippen LogP contribution in [-0.2, 0) is 17.8 Å². The third-order valence-corrected chi connectivity index (χ3v) is 4.11. The molecule has 0 fully saturated rings. The minimum Gasteiger partial charge on any atom is -0.496 e.